The quantitative estimate of drug-likeness (QED) is 0.288. The maximum atomic E-state index is 6.13. The van der Waals surface area contributed by atoms with E-state index in [0.717, 1.165) is 64.7 Å². The van der Waals surface area contributed by atoms with E-state index in [1.54, 1.807) is 0 Å². The summed E-state index contributed by atoms with van der Waals surface area (Å²) >= 11 is 0. The average Bonchev–Trinajstić information content (AvgIpc) is 2.80. The van der Waals surface area contributed by atoms with Crippen LogP contribution in [0.5, 0.6) is 0 Å². The minimum Gasteiger partial charge on any atom is -0.376 e. The normalized spacial score (nSPS) is 21.4. The van der Waals surface area contributed by atoms with E-state index in [-0.39, 0.29) is 24.0 Å². The number of hydrogen-bond acceptors (Lipinski definition) is 4. The molecule has 3 rings (SSSR count). The summed E-state index contributed by atoms with van der Waals surface area (Å²) < 4.78 is 17.8. The number of nitrogens with one attached hydrogen (secondary N) is 1. The smallest absolute Gasteiger partial charge is 0.193 e. The number of likely N-dealkylation sites (tertiary alicyclic amines) is 1. The molecule has 2 saturated heterocycles. The lowest BCUT2D eigenvalue weighted by Crippen LogP contribution is -2.48. The Kier molecular flexibility index (Phi) is 12.8. The summed E-state index contributed by atoms with van der Waals surface area (Å²) in [6.45, 7) is 8.07. The van der Waals surface area contributed by atoms with E-state index in [2.05, 4.69) is 34.3 Å². The molecule has 0 saturated carbocycles. The fourth-order valence-corrected chi connectivity index (χ4v) is 4.03. The molecule has 0 aliphatic carbocycles. The Labute approximate surface area is 205 Å². The number of piperidine rings is 1. The van der Waals surface area contributed by atoms with Gasteiger partial charge in [0.25, 0.3) is 0 Å². The predicted molar refractivity (Wildman–Crippen MR) is 136 cm³/mol. The topological polar surface area (TPSA) is 55.3 Å². The van der Waals surface area contributed by atoms with Crippen molar-refractivity contribution < 1.29 is 14.2 Å². The standard InChI is InChI=1S/C24H39N3O3.HI/c1-20(17-28-18-21-8-4-3-5-9-21)16-26-24(25-2)27-13-11-22(12-14-27)30-19-23-10-6-7-15-29-23;/h3-5,8-9,20,22-23H,6-7,10-19H2,1-2H3,(H,25,26);1H. The average molecular weight is 546 g/mol. The number of guanidine groups is 1. The molecular formula is C24H40IN3O3. The zero-order valence-electron chi connectivity index (χ0n) is 19.1. The van der Waals surface area contributed by atoms with Crippen molar-refractivity contribution in [2.75, 3.05) is 46.5 Å². The fourth-order valence-electron chi connectivity index (χ4n) is 4.03. The van der Waals surface area contributed by atoms with Gasteiger partial charge in [0.1, 0.15) is 0 Å². The monoisotopic (exact) mass is 545 g/mol. The Bertz CT molecular complexity index is 618. The minimum atomic E-state index is 0. The molecule has 0 bridgehead atoms. The molecule has 2 unspecified atom stereocenters. The van der Waals surface area contributed by atoms with Crippen LogP contribution in [0.2, 0.25) is 0 Å². The largest absolute Gasteiger partial charge is 0.376 e. The predicted octanol–water partition coefficient (Wildman–Crippen LogP) is 4.08. The molecule has 2 aliphatic heterocycles. The molecule has 0 radical (unpaired) electrons. The molecule has 7 heteroatoms. The van der Waals surface area contributed by atoms with Crippen LogP contribution in [-0.4, -0.2) is 69.6 Å². The first-order valence-electron chi connectivity index (χ1n) is 11.5. The van der Waals surface area contributed by atoms with Gasteiger partial charge in [-0.15, -0.1) is 24.0 Å². The number of benzene rings is 1. The zero-order chi connectivity index (χ0) is 21.0. The van der Waals surface area contributed by atoms with Gasteiger partial charge in [0.05, 0.1) is 32.0 Å². The second-order valence-electron chi connectivity index (χ2n) is 8.54. The van der Waals surface area contributed by atoms with E-state index in [0.29, 0.717) is 24.7 Å². The summed E-state index contributed by atoms with van der Waals surface area (Å²) in [4.78, 5) is 6.83. The molecule has 1 N–H and O–H groups in total. The summed E-state index contributed by atoms with van der Waals surface area (Å²) in [6, 6.07) is 10.3. The van der Waals surface area contributed by atoms with Crippen molar-refractivity contribution in [3.8, 4) is 0 Å². The first kappa shape index (κ1) is 26.4. The number of halogens is 1. The van der Waals surface area contributed by atoms with E-state index in [9.17, 15) is 0 Å². The van der Waals surface area contributed by atoms with Crippen LogP contribution in [0.25, 0.3) is 0 Å². The van der Waals surface area contributed by atoms with Crippen LogP contribution in [0.4, 0.5) is 0 Å². The lowest BCUT2D eigenvalue weighted by molar-refractivity contribution is -0.0721. The Morgan fingerprint density at radius 2 is 1.97 bits per heavy atom. The maximum Gasteiger partial charge on any atom is 0.193 e. The Morgan fingerprint density at radius 3 is 2.65 bits per heavy atom. The summed E-state index contributed by atoms with van der Waals surface area (Å²) in [5, 5.41) is 3.52. The molecule has 31 heavy (non-hydrogen) atoms. The Hall–Kier alpha value is -0.900. The van der Waals surface area contributed by atoms with Crippen LogP contribution in [0, 0.1) is 5.92 Å². The van der Waals surface area contributed by atoms with Crippen LogP contribution in [0.15, 0.2) is 35.3 Å². The molecule has 1 aromatic carbocycles. The van der Waals surface area contributed by atoms with Crippen molar-refractivity contribution in [1.29, 1.82) is 0 Å². The molecule has 2 fully saturated rings. The second-order valence-corrected chi connectivity index (χ2v) is 8.54. The Morgan fingerprint density at radius 1 is 1.19 bits per heavy atom. The SMILES string of the molecule is CN=C(NCC(C)COCc1ccccc1)N1CCC(OCC2CCCCO2)CC1.I. The third-order valence-corrected chi connectivity index (χ3v) is 5.87. The number of rotatable bonds is 9. The summed E-state index contributed by atoms with van der Waals surface area (Å²) in [6.07, 6.45) is 6.34. The number of nitrogens with zero attached hydrogens (tertiary/aromatic N) is 2. The number of ether oxygens (including phenoxy) is 3. The molecule has 0 amide bonds. The van der Waals surface area contributed by atoms with Crippen molar-refractivity contribution in [3.63, 3.8) is 0 Å². The molecule has 1 aromatic rings. The second kappa shape index (κ2) is 15.0. The highest BCUT2D eigenvalue weighted by atomic mass is 127. The van der Waals surface area contributed by atoms with Crippen molar-refractivity contribution in [2.24, 2.45) is 10.9 Å². The van der Waals surface area contributed by atoms with Crippen molar-refractivity contribution in [2.45, 2.75) is 57.8 Å². The highest BCUT2D eigenvalue weighted by Crippen LogP contribution is 2.18. The fraction of sp³-hybridized carbons (Fsp3) is 0.708. The first-order chi connectivity index (χ1) is 14.7. The van der Waals surface area contributed by atoms with E-state index < -0.39 is 0 Å². The first-order valence-corrected chi connectivity index (χ1v) is 11.5. The summed E-state index contributed by atoms with van der Waals surface area (Å²) in [5.41, 5.74) is 1.22. The van der Waals surface area contributed by atoms with Gasteiger partial charge < -0.3 is 24.4 Å². The molecule has 176 valence electrons. The summed E-state index contributed by atoms with van der Waals surface area (Å²) in [5.74, 6) is 1.40. The van der Waals surface area contributed by atoms with E-state index >= 15 is 0 Å². The van der Waals surface area contributed by atoms with Gasteiger partial charge in [-0.25, -0.2) is 0 Å². The van der Waals surface area contributed by atoms with E-state index in [1.165, 1.54) is 18.4 Å². The van der Waals surface area contributed by atoms with Crippen molar-refractivity contribution in [1.82, 2.24) is 10.2 Å². The number of hydrogen-bond donors (Lipinski definition) is 1. The van der Waals surface area contributed by atoms with Gasteiger partial charge in [0.2, 0.25) is 0 Å². The van der Waals surface area contributed by atoms with Gasteiger partial charge in [-0.05, 0) is 43.6 Å². The van der Waals surface area contributed by atoms with Gasteiger partial charge in [-0.1, -0.05) is 37.3 Å². The number of aliphatic imine (C=N–C) groups is 1. The molecule has 0 spiro atoms. The third-order valence-electron chi connectivity index (χ3n) is 5.87. The van der Waals surface area contributed by atoms with Crippen LogP contribution in [-0.2, 0) is 20.8 Å². The minimum absolute atomic E-state index is 0. The molecular weight excluding hydrogens is 505 g/mol. The third kappa shape index (κ3) is 9.63. The van der Waals surface area contributed by atoms with Gasteiger partial charge in [0, 0.05) is 33.3 Å². The van der Waals surface area contributed by atoms with Crippen LogP contribution < -0.4 is 5.32 Å². The van der Waals surface area contributed by atoms with Gasteiger partial charge >= 0.3 is 0 Å². The molecule has 2 atom stereocenters. The molecule has 2 aliphatic rings. The lowest BCUT2D eigenvalue weighted by atomic mass is 10.1. The van der Waals surface area contributed by atoms with Gasteiger partial charge in [0.15, 0.2) is 5.96 Å². The van der Waals surface area contributed by atoms with Gasteiger partial charge in [-0.2, -0.15) is 0 Å². The highest BCUT2D eigenvalue weighted by molar-refractivity contribution is 14.0. The van der Waals surface area contributed by atoms with Crippen LogP contribution in [0.1, 0.15) is 44.6 Å². The van der Waals surface area contributed by atoms with Crippen molar-refractivity contribution >= 4 is 29.9 Å². The Balaban J connectivity index is 0.00000341. The highest BCUT2D eigenvalue weighted by Gasteiger charge is 2.24. The maximum absolute atomic E-state index is 6.13. The molecule has 6 nitrogen and oxygen atoms in total. The van der Waals surface area contributed by atoms with Crippen LogP contribution in [0.3, 0.4) is 0 Å². The van der Waals surface area contributed by atoms with E-state index in [4.69, 9.17) is 14.2 Å². The molecule has 2 heterocycles. The van der Waals surface area contributed by atoms with Crippen LogP contribution >= 0.6 is 24.0 Å². The zero-order valence-corrected chi connectivity index (χ0v) is 21.5. The van der Waals surface area contributed by atoms with E-state index in [1.807, 2.05) is 25.2 Å². The van der Waals surface area contributed by atoms with Gasteiger partial charge in [-0.3, -0.25) is 4.99 Å². The summed E-state index contributed by atoms with van der Waals surface area (Å²) in [7, 11) is 1.86. The van der Waals surface area contributed by atoms with Crippen molar-refractivity contribution in [3.05, 3.63) is 35.9 Å². The lowest BCUT2D eigenvalue weighted by Gasteiger charge is -2.35. The molecule has 0 aromatic heterocycles.